The van der Waals surface area contributed by atoms with Gasteiger partial charge in [-0.15, -0.1) is 0 Å². The van der Waals surface area contributed by atoms with Crippen LogP contribution in [0.2, 0.25) is 0 Å². The molecule has 0 fully saturated rings. The van der Waals surface area contributed by atoms with Crippen LogP contribution in [0.4, 0.5) is 11.4 Å². The molecule has 0 saturated heterocycles. The maximum absolute atomic E-state index is 13.8. The summed E-state index contributed by atoms with van der Waals surface area (Å²) < 4.78 is 25.8. The van der Waals surface area contributed by atoms with Crippen molar-refractivity contribution in [1.82, 2.24) is 10.6 Å². The monoisotopic (exact) mass is 712 g/mol. The Morgan fingerprint density at radius 1 is 0.922 bits per heavy atom. The highest BCUT2D eigenvalue weighted by molar-refractivity contribution is 7.92. The Balaban J connectivity index is 1.34. The summed E-state index contributed by atoms with van der Waals surface area (Å²) >= 11 is 0. The Morgan fingerprint density at radius 3 is 2.25 bits per heavy atom. The lowest BCUT2D eigenvalue weighted by atomic mass is 9.88. The van der Waals surface area contributed by atoms with Crippen molar-refractivity contribution in [3.8, 4) is 0 Å². The predicted octanol–water partition coefficient (Wildman–Crippen LogP) is 4.43. The molecule has 0 bridgehead atoms. The summed E-state index contributed by atoms with van der Waals surface area (Å²) in [5, 5.41) is 31.1. The summed E-state index contributed by atoms with van der Waals surface area (Å²) in [5.74, 6) is -1.74. The molecule has 0 radical (unpaired) electrons. The molecule has 268 valence electrons. The number of rotatable bonds is 14. The van der Waals surface area contributed by atoms with E-state index >= 15 is 0 Å². The Labute approximate surface area is 298 Å². The summed E-state index contributed by atoms with van der Waals surface area (Å²) in [6.07, 6.45) is 0.376. The average Bonchev–Trinajstić information content (AvgIpc) is 3.43. The van der Waals surface area contributed by atoms with Gasteiger partial charge in [0.05, 0.1) is 30.1 Å². The number of hydrogen-bond acceptors (Lipinski definition) is 7. The molecule has 1 aliphatic carbocycles. The molecular weight excluding hydrogens is 669 g/mol. The molecule has 0 aliphatic heterocycles. The fraction of sp³-hybridized carbons (Fsp3) is 0.308. The minimum atomic E-state index is -3.72. The molecule has 12 heteroatoms. The number of anilines is 2. The van der Waals surface area contributed by atoms with E-state index in [0.717, 1.165) is 32.8 Å². The van der Waals surface area contributed by atoms with Crippen molar-refractivity contribution in [2.45, 2.75) is 62.8 Å². The second-order valence-corrected chi connectivity index (χ2v) is 15.1. The van der Waals surface area contributed by atoms with Crippen LogP contribution in [0, 0.1) is 0 Å². The van der Waals surface area contributed by atoms with E-state index in [2.05, 4.69) is 16.0 Å². The number of nitrogens with zero attached hydrogens (tertiary/aromatic N) is 1. The molecule has 0 saturated carbocycles. The molecule has 3 amide bonds. The highest BCUT2D eigenvalue weighted by Crippen LogP contribution is 2.33. The first-order valence-corrected chi connectivity index (χ1v) is 18.7. The van der Waals surface area contributed by atoms with Crippen LogP contribution < -0.4 is 20.3 Å². The smallest absolute Gasteiger partial charge is 0.252 e. The number of benzene rings is 4. The number of fused-ring (bicyclic) bond motifs is 1. The van der Waals surface area contributed by atoms with Gasteiger partial charge in [-0.1, -0.05) is 84.9 Å². The number of aliphatic hydroxyl groups is 2. The number of aryl methyl sites for hydroxylation is 1. The van der Waals surface area contributed by atoms with Gasteiger partial charge in [0.25, 0.3) is 11.8 Å². The summed E-state index contributed by atoms with van der Waals surface area (Å²) in [4.78, 5) is 40.6. The van der Waals surface area contributed by atoms with Crippen molar-refractivity contribution in [2.75, 3.05) is 22.9 Å². The number of carbonyl (C=O) groups is 3. The summed E-state index contributed by atoms with van der Waals surface area (Å²) in [5.41, 5.74) is 1.93. The van der Waals surface area contributed by atoms with Gasteiger partial charge in [0.1, 0.15) is 5.60 Å². The second-order valence-electron chi connectivity index (χ2n) is 13.1. The third kappa shape index (κ3) is 9.40. The number of hydrogen-bond donors (Lipinski definition) is 5. The normalized spacial score (nSPS) is 17.0. The van der Waals surface area contributed by atoms with E-state index in [0.29, 0.717) is 12.8 Å². The summed E-state index contributed by atoms with van der Waals surface area (Å²) in [6.45, 7) is 1.82. The molecule has 4 atom stereocenters. The van der Waals surface area contributed by atoms with Gasteiger partial charge >= 0.3 is 0 Å². The highest BCUT2D eigenvalue weighted by atomic mass is 32.2. The number of amides is 3. The quantitative estimate of drug-likeness (QED) is 0.129. The third-order valence-corrected chi connectivity index (χ3v) is 10.5. The lowest BCUT2D eigenvalue weighted by Crippen LogP contribution is -2.50. The van der Waals surface area contributed by atoms with Gasteiger partial charge < -0.3 is 26.2 Å². The Hall–Kier alpha value is -5.04. The largest absolute Gasteiger partial charge is 0.390 e. The van der Waals surface area contributed by atoms with Crippen molar-refractivity contribution in [3.63, 3.8) is 0 Å². The minimum absolute atomic E-state index is 0.0130. The molecular formula is C39H44N4O7S. The SMILES string of the molecule is C[C@@H](NC(=O)c1cc(NC(=O)CCC(O)(CCc2ccccc2)C(=O)N[C@H]2c3ccccc3C[C@H]2O)cc(N(C)S(C)(=O)=O)c1)c1ccccc1. The molecule has 5 N–H and O–H groups in total. The summed E-state index contributed by atoms with van der Waals surface area (Å²) in [6, 6.07) is 29.3. The van der Waals surface area contributed by atoms with E-state index in [-0.39, 0.29) is 42.2 Å². The zero-order valence-electron chi connectivity index (χ0n) is 28.9. The molecule has 1 aliphatic rings. The number of aliphatic hydroxyl groups excluding tert-OH is 1. The van der Waals surface area contributed by atoms with Crippen molar-refractivity contribution < 1.29 is 33.0 Å². The van der Waals surface area contributed by atoms with Crippen LogP contribution in [-0.2, 0) is 32.5 Å². The lowest BCUT2D eigenvalue weighted by molar-refractivity contribution is -0.143. The van der Waals surface area contributed by atoms with Crippen molar-refractivity contribution in [1.29, 1.82) is 0 Å². The van der Waals surface area contributed by atoms with Gasteiger partial charge in [-0.2, -0.15) is 0 Å². The first-order chi connectivity index (χ1) is 24.2. The molecule has 0 heterocycles. The lowest BCUT2D eigenvalue weighted by Gasteiger charge is -2.30. The second kappa shape index (κ2) is 15.9. The van der Waals surface area contributed by atoms with Crippen LogP contribution in [0.25, 0.3) is 0 Å². The van der Waals surface area contributed by atoms with Gasteiger partial charge in [-0.05, 0) is 66.6 Å². The van der Waals surface area contributed by atoms with E-state index in [1.165, 1.54) is 25.2 Å². The molecule has 51 heavy (non-hydrogen) atoms. The van der Waals surface area contributed by atoms with Crippen molar-refractivity contribution in [2.24, 2.45) is 0 Å². The Bertz CT molecular complexity index is 1970. The predicted molar refractivity (Wildman–Crippen MR) is 197 cm³/mol. The fourth-order valence-electron chi connectivity index (χ4n) is 6.21. The van der Waals surface area contributed by atoms with Crippen LogP contribution in [0.1, 0.15) is 70.9 Å². The first-order valence-electron chi connectivity index (χ1n) is 16.8. The maximum Gasteiger partial charge on any atom is 0.252 e. The van der Waals surface area contributed by atoms with Crippen LogP contribution >= 0.6 is 0 Å². The average molecular weight is 713 g/mol. The molecule has 1 unspecified atom stereocenters. The van der Waals surface area contributed by atoms with E-state index < -0.39 is 45.5 Å². The van der Waals surface area contributed by atoms with E-state index in [9.17, 15) is 33.0 Å². The zero-order chi connectivity index (χ0) is 36.8. The molecule has 0 spiro atoms. The van der Waals surface area contributed by atoms with Gasteiger partial charge in [-0.25, -0.2) is 8.42 Å². The van der Waals surface area contributed by atoms with Crippen LogP contribution in [0.5, 0.6) is 0 Å². The van der Waals surface area contributed by atoms with Crippen LogP contribution in [-0.4, -0.2) is 61.4 Å². The Morgan fingerprint density at radius 2 is 1.57 bits per heavy atom. The molecule has 5 rings (SSSR count). The number of carbonyl (C=O) groups excluding carboxylic acids is 3. The van der Waals surface area contributed by atoms with Crippen LogP contribution in [0.3, 0.4) is 0 Å². The minimum Gasteiger partial charge on any atom is -0.390 e. The van der Waals surface area contributed by atoms with E-state index in [1.807, 2.05) is 91.9 Å². The van der Waals surface area contributed by atoms with Gasteiger partial charge in [0.15, 0.2) is 0 Å². The third-order valence-electron chi connectivity index (χ3n) is 9.32. The molecule has 0 aromatic heterocycles. The topological polar surface area (TPSA) is 165 Å². The molecule has 11 nitrogen and oxygen atoms in total. The van der Waals surface area contributed by atoms with Gasteiger partial charge in [0, 0.05) is 31.1 Å². The first kappa shape index (κ1) is 37.2. The van der Waals surface area contributed by atoms with E-state index in [4.69, 9.17) is 0 Å². The number of sulfonamides is 1. The molecule has 4 aromatic carbocycles. The highest BCUT2D eigenvalue weighted by Gasteiger charge is 2.40. The van der Waals surface area contributed by atoms with Gasteiger partial charge in [0.2, 0.25) is 15.9 Å². The number of nitrogens with one attached hydrogen (secondary N) is 3. The zero-order valence-corrected chi connectivity index (χ0v) is 29.7. The van der Waals surface area contributed by atoms with Crippen molar-refractivity contribution >= 4 is 39.1 Å². The standard InChI is InChI=1S/C39H44N4O7S/c1-26(28-14-8-5-9-15-28)40-37(46)30-22-31(25-32(23-30)43(2)51(3,49)50)41-35(45)19-21-39(48,20-18-27-12-6-4-7-13-27)38(47)42-36-33-17-11-10-16-29(33)24-34(36)44/h4-17,22-23,25-26,34,36,44,48H,18-21,24H2,1-3H3,(H,40,46)(H,41,45)(H,42,47)/t26-,34-,36+,39?/m1/s1. The maximum atomic E-state index is 13.8. The summed E-state index contributed by atoms with van der Waals surface area (Å²) in [7, 11) is -2.37. The van der Waals surface area contributed by atoms with E-state index in [1.54, 1.807) is 0 Å². The van der Waals surface area contributed by atoms with Crippen LogP contribution in [0.15, 0.2) is 103 Å². The molecule has 4 aromatic rings. The van der Waals surface area contributed by atoms with Crippen molar-refractivity contribution in [3.05, 3.63) is 131 Å². The Kier molecular flexibility index (Phi) is 11.6. The van der Waals surface area contributed by atoms with Gasteiger partial charge in [-0.3, -0.25) is 18.7 Å². The fourth-order valence-corrected chi connectivity index (χ4v) is 6.70.